The van der Waals surface area contributed by atoms with Gasteiger partial charge in [0, 0.05) is 19.7 Å². The van der Waals surface area contributed by atoms with Crippen molar-refractivity contribution in [2.75, 3.05) is 0 Å². The van der Waals surface area contributed by atoms with E-state index in [1.807, 2.05) is 0 Å². The Morgan fingerprint density at radius 3 is 2.50 bits per heavy atom. The Balaban J connectivity index is 2.33. The lowest BCUT2D eigenvalue weighted by Crippen LogP contribution is -2.12. The largest absolute Gasteiger partial charge is 0.439 e. The van der Waals surface area contributed by atoms with Crippen LogP contribution in [0.4, 0.5) is 13.2 Å². The first-order valence-electron chi connectivity index (χ1n) is 5.90. The molecule has 108 valence electrons. The molecule has 1 aromatic heterocycles. The molecule has 1 aromatic carbocycles. The maximum atomic E-state index is 12.8. The molecule has 7 heteroatoms. The molecule has 0 aliphatic carbocycles. The lowest BCUT2D eigenvalue weighted by molar-refractivity contribution is -0.138. The van der Waals surface area contributed by atoms with Crippen LogP contribution in [0.3, 0.4) is 0 Å². The summed E-state index contributed by atoms with van der Waals surface area (Å²) in [6.45, 7) is 1.58. The van der Waals surface area contributed by atoms with Gasteiger partial charge in [-0.3, -0.25) is 0 Å². The van der Waals surface area contributed by atoms with Crippen LogP contribution in [-0.2, 0) is 19.8 Å². The molecular formula is C13H14F3N3O. The summed E-state index contributed by atoms with van der Waals surface area (Å²) in [7, 11) is 1.69. The summed E-state index contributed by atoms with van der Waals surface area (Å²) in [5.74, 6) is 0.742. The van der Waals surface area contributed by atoms with Crippen molar-refractivity contribution in [1.82, 2.24) is 9.78 Å². The number of halogens is 3. The molecule has 1 heterocycles. The van der Waals surface area contributed by atoms with Gasteiger partial charge in [-0.2, -0.15) is 18.3 Å². The Hall–Kier alpha value is -2.02. The van der Waals surface area contributed by atoms with Crippen LogP contribution in [-0.4, -0.2) is 9.78 Å². The molecule has 0 amide bonds. The summed E-state index contributed by atoms with van der Waals surface area (Å²) in [4.78, 5) is 0. The van der Waals surface area contributed by atoms with Gasteiger partial charge in [-0.25, -0.2) is 4.68 Å². The van der Waals surface area contributed by atoms with Crippen LogP contribution in [0.1, 0.15) is 16.8 Å². The molecule has 0 saturated heterocycles. The fourth-order valence-electron chi connectivity index (χ4n) is 1.88. The normalized spacial score (nSPS) is 11.7. The number of aryl methyl sites for hydroxylation is 2. The number of hydrogen-bond donors (Lipinski definition) is 1. The van der Waals surface area contributed by atoms with E-state index < -0.39 is 11.7 Å². The molecule has 0 spiro atoms. The SMILES string of the molecule is Cc1cc(Oc2ccc(C(F)(F)F)c(CN)c2)n(C)n1. The Kier molecular flexibility index (Phi) is 3.71. The second kappa shape index (κ2) is 5.16. The van der Waals surface area contributed by atoms with E-state index in [4.69, 9.17) is 10.5 Å². The summed E-state index contributed by atoms with van der Waals surface area (Å²) in [6.07, 6.45) is -4.42. The van der Waals surface area contributed by atoms with Crippen molar-refractivity contribution in [1.29, 1.82) is 0 Å². The number of aromatic nitrogens is 2. The van der Waals surface area contributed by atoms with E-state index in [1.165, 1.54) is 16.8 Å². The fourth-order valence-corrected chi connectivity index (χ4v) is 1.88. The highest BCUT2D eigenvalue weighted by Crippen LogP contribution is 2.34. The lowest BCUT2D eigenvalue weighted by Gasteiger charge is -2.13. The molecular weight excluding hydrogens is 271 g/mol. The Morgan fingerprint density at radius 2 is 2.00 bits per heavy atom. The van der Waals surface area contributed by atoms with E-state index in [2.05, 4.69) is 5.10 Å². The van der Waals surface area contributed by atoms with Crippen LogP contribution in [0, 0.1) is 6.92 Å². The van der Waals surface area contributed by atoms with Crippen LogP contribution in [0.2, 0.25) is 0 Å². The second-order valence-electron chi connectivity index (χ2n) is 4.37. The van der Waals surface area contributed by atoms with E-state index in [0.717, 1.165) is 11.8 Å². The number of nitrogens with zero attached hydrogens (tertiary/aromatic N) is 2. The highest BCUT2D eigenvalue weighted by molar-refractivity contribution is 5.39. The molecule has 2 rings (SSSR count). The van der Waals surface area contributed by atoms with E-state index >= 15 is 0 Å². The highest BCUT2D eigenvalue weighted by atomic mass is 19.4. The van der Waals surface area contributed by atoms with Crippen LogP contribution >= 0.6 is 0 Å². The van der Waals surface area contributed by atoms with Gasteiger partial charge in [-0.15, -0.1) is 0 Å². The number of benzene rings is 1. The van der Waals surface area contributed by atoms with Gasteiger partial charge < -0.3 is 10.5 Å². The quantitative estimate of drug-likeness (QED) is 0.943. The third-order valence-electron chi connectivity index (χ3n) is 2.78. The molecule has 0 fully saturated rings. The van der Waals surface area contributed by atoms with Crippen LogP contribution in [0.15, 0.2) is 24.3 Å². The van der Waals surface area contributed by atoms with Gasteiger partial charge >= 0.3 is 6.18 Å². The number of hydrogen-bond acceptors (Lipinski definition) is 3. The van der Waals surface area contributed by atoms with Crippen molar-refractivity contribution < 1.29 is 17.9 Å². The molecule has 0 radical (unpaired) electrons. The van der Waals surface area contributed by atoms with Crippen molar-refractivity contribution in [3.05, 3.63) is 41.1 Å². The van der Waals surface area contributed by atoms with Gasteiger partial charge in [0.15, 0.2) is 0 Å². The van der Waals surface area contributed by atoms with E-state index in [1.54, 1.807) is 20.0 Å². The van der Waals surface area contributed by atoms with Crippen molar-refractivity contribution >= 4 is 0 Å². The first-order chi connectivity index (χ1) is 9.31. The third kappa shape index (κ3) is 2.93. The first-order valence-corrected chi connectivity index (χ1v) is 5.90. The average molecular weight is 285 g/mol. The molecule has 2 aromatic rings. The van der Waals surface area contributed by atoms with Crippen LogP contribution < -0.4 is 10.5 Å². The average Bonchev–Trinajstić information content (AvgIpc) is 2.66. The molecule has 4 nitrogen and oxygen atoms in total. The van der Waals surface area contributed by atoms with Gasteiger partial charge in [-0.05, 0) is 30.7 Å². The van der Waals surface area contributed by atoms with Gasteiger partial charge in [0.25, 0.3) is 0 Å². The number of ether oxygens (including phenoxy) is 1. The summed E-state index contributed by atoms with van der Waals surface area (Å²) in [5, 5.41) is 4.09. The van der Waals surface area contributed by atoms with Crippen molar-refractivity contribution in [2.45, 2.75) is 19.6 Å². The Labute approximate surface area is 114 Å². The molecule has 0 aliphatic rings. The molecule has 0 aliphatic heterocycles. The second-order valence-corrected chi connectivity index (χ2v) is 4.37. The van der Waals surface area contributed by atoms with Gasteiger partial charge in [0.05, 0.1) is 11.3 Å². The summed E-state index contributed by atoms with van der Waals surface area (Å²) in [6, 6.07) is 5.23. The molecule has 2 N–H and O–H groups in total. The summed E-state index contributed by atoms with van der Waals surface area (Å²) >= 11 is 0. The topological polar surface area (TPSA) is 53.1 Å². The zero-order valence-electron chi connectivity index (χ0n) is 11.0. The predicted octanol–water partition coefficient (Wildman–Crippen LogP) is 3.00. The van der Waals surface area contributed by atoms with E-state index in [-0.39, 0.29) is 12.1 Å². The van der Waals surface area contributed by atoms with E-state index in [0.29, 0.717) is 11.6 Å². The fraction of sp³-hybridized carbons (Fsp3) is 0.308. The van der Waals surface area contributed by atoms with Gasteiger partial charge in [0.2, 0.25) is 5.88 Å². The molecule has 0 bridgehead atoms. The van der Waals surface area contributed by atoms with Crippen molar-refractivity contribution in [2.24, 2.45) is 12.8 Å². The first kappa shape index (κ1) is 14.4. The minimum atomic E-state index is -4.42. The monoisotopic (exact) mass is 285 g/mol. The smallest absolute Gasteiger partial charge is 0.416 e. The van der Waals surface area contributed by atoms with Crippen molar-refractivity contribution in [3.8, 4) is 11.6 Å². The van der Waals surface area contributed by atoms with Crippen LogP contribution in [0.25, 0.3) is 0 Å². The number of rotatable bonds is 3. The Morgan fingerprint density at radius 1 is 1.30 bits per heavy atom. The number of nitrogens with two attached hydrogens (primary N) is 1. The zero-order chi connectivity index (χ0) is 14.9. The third-order valence-corrected chi connectivity index (χ3v) is 2.78. The highest BCUT2D eigenvalue weighted by Gasteiger charge is 2.33. The predicted molar refractivity (Wildman–Crippen MR) is 67.4 cm³/mol. The van der Waals surface area contributed by atoms with Gasteiger partial charge in [0.1, 0.15) is 5.75 Å². The van der Waals surface area contributed by atoms with E-state index in [9.17, 15) is 13.2 Å². The maximum Gasteiger partial charge on any atom is 0.416 e. The molecule has 20 heavy (non-hydrogen) atoms. The lowest BCUT2D eigenvalue weighted by atomic mass is 10.1. The Bertz CT molecular complexity index is 620. The summed E-state index contributed by atoms with van der Waals surface area (Å²) in [5.41, 5.74) is 5.38. The zero-order valence-corrected chi connectivity index (χ0v) is 11.0. The summed E-state index contributed by atoms with van der Waals surface area (Å²) < 4.78 is 45.3. The molecule has 0 unspecified atom stereocenters. The minimum Gasteiger partial charge on any atom is -0.439 e. The van der Waals surface area contributed by atoms with Crippen molar-refractivity contribution in [3.63, 3.8) is 0 Å². The van der Waals surface area contributed by atoms with Gasteiger partial charge in [-0.1, -0.05) is 0 Å². The van der Waals surface area contributed by atoms with Crippen LogP contribution in [0.5, 0.6) is 11.6 Å². The standard InChI is InChI=1S/C13H14F3N3O/c1-8-5-12(19(2)18-8)20-10-3-4-11(13(14,15)16)9(6-10)7-17/h3-6H,7,17H2,1-2H3. The number of alkyl halides is 3. The maximum absolute atomic E-state index is 12.8. The molecule has 0 atom stereocenters. The molecule has 0 saturated carbocycles. The minimum absolute atomic E-state index is 0.00566.